The van der Waals surface area contributed by atoms with E-state index in [-0.39, 0.29) is 30.6 Å². The predicted octanol–water partition coefficient (Wildman–Crippen LogP) is 3.20. The fourth-order valence-electron chi connectivity index (χ4n) is 4.64. The SMILES string of the molecule is C=c1sc(C(=O)NCCCCC2CCN(C(=O)C3CCC(F)C(F)C3)CC2)c/c1=C/C=N. The molecule has 3 atom stereocenters. The first kappa shape index (κ1) is 24.6. The van der Waals surface area contributed by atoms with Gasteiger partial charge in [0.05, 0.1) is 4.88 Å². The highest BCUT2D eigenvalue weighted by atomic mass is 32.1. The number of nitrogens with zero attached hydrogens (tertiary/aromatic N) is 1. The summed E-state index contributed by atoms with van der Waals surface area (Å²) in [6.45, 7) is 5.92. The van der Waals surface area contributed by atoms with Crippen molar-refractivity contribution in [3.63, 3.8) is 0 Å². The number of unbranched alkanes of at least 4 members (excludes halogenated alkanes) is 1. The van der Waals surface area contributed by atoms with Gasteiger partial charge in [0.15, 0.2) is 0 Å². The monoisotopic (exact) mass is 465 g/mol. The molecule has 3 rings (SSSR count). The molecular weight excluding hydrogens is 432 g/mol. The van der Waals surface area contributed by atoms with Crippen LogP contribution in [0.1, 0.15) is 61.0 Å². The van der Waals surface area contributed by atoms with E-state index >= 15 is 0 Å². The lowest BCUT2D eigenvalue weighted by atomic mass is 9.84. The summed E-state index contributed by atoms with van der Waals surface area (Å²) in [5.74, 6) is 0.101. The normalized spacial score (nSPS) is 25.0. The van der Waals surface area contributed by atoms with Gasteiger partial charge in [0.1, 0.15) is 12.3 Å². The highest BCUT2D eigenvalue weighted by molar-refractivity contribution is 7.11. The van der Waals surface area contributed by atoms with Gasteiger partial charge in [-0.25, -0.2) is 8.78 Å². The fraction of sp³-hybridized carbons (Fsp3) is 0.625. The van der Waals surface area contributed by atoms with Gasteiger partial charge in [-0.2, -0.15) is 0 Å². The number of hydrogen-bond acceptors (Lipinski definition) is 4. The second kappa shape index (κ2) is 11.7. The Balaban J connectivity index is 1.31. The van der Waals surface area contributed by atoms with Crippen LogP contribution >= 0.6 is 11.3 Å². The summed E-state index contributed by atoms with van der Waals surface area (Å²) in [6, 6.07) is 1.76. The summed E-state index contributed by atoms with van der Waals surface area (Å²) in [5.41, 5.74) is 0. The molecule has 1 aromatic heterocycles. The van der Waals surface area contributed by atoms with Crippen molar-refractivity contribution in [3.05, 3.63) is 20.7 Å². The molecule has 5 nitrogen and oxygen atoms in total. The van der Waals surface area contributed by atoms with Crippen LogP contribution < -0.4 is 15.1 Å². The quantitative estimate of drug-likeness (QED) is 0.457. The van der Waals surface area contributed by atoms with Crippen LogP contribution in [0.2, 0.25) is 0 Å². The molecule has 0 spiro atoms. The third-order valence-electron chi connectivity index (χ3n) is 6.62. The highest BCUT2D eigenvalue weighted by Crippen LogP contribution is 2.31. The van der Waals surface area contributed by atoms with Crippen molar-refractivity contribution in [2.24, 2.45) is 11.8 Å². The van der Waals surface area contributed by atoms with Crippen LogP contribution in [-0.4, -0.2) is 54.9 Å². The van der Waals surface area contributed by atoms with Crippen molar-refractivity contribution >= 4 is 42.0 Å². The molecule has 1 aliphatic heterocycles. The molecule has 8 heteroatoms. The first-order valence-electron chi connectivity index (χ1n) is 11.5. The number of halogens is 2. The van der Waals surface area contributed by atoms with Gasteiger partial charge in [-0.15, -0.1) is 11.3 Å². The van der Waals surface area contributed by atoms with Crippen LogP contribution in [0, 0.1) is 17.2 Å². The van der Waals surface area contributed by atoms with E-state index in [1.165, 1.54) is 17.6 Å². The number of piperidine rings is 1. The molecule has 2 amide bonds. The summed E-state index contributed by atoms with van der Waals surface area (Å²) in [5, 5.41) is 10.9. The third kappa shape index (κ3) is 6.47. The number of amides is 2. The number of nitrogens with one attached hydrogen (secondary N) is 2. The van der Waals surface area contributed by atoms with Crippen molar-refractivity contribution in [1.82, 2.24) is 10.2 Å². The van der Waals surface area contributed by atoms with E-state index in [0.29, 0.717) is 36.9 Å². The van der Waals surface area contributed by atoms with Crippen LogP contribution in [0.3, 0.4) is 0 Å². The standard InChI is InChI=1S/C24H33F2N3O2S/c1-16-18(7-10-27)15-22(32-16)23(30)28-11-3-2-4-17-8-12-29(13-9-17)24(31)19-5-6-20(25)21(26)14-19/h7,10,15,17,19-21,27H,1-6,8-9,11-14H2,(H,28,30)/b18-7-,27-10?. The summed E-state index contributed by atoms with van der Waals surface area (Å²) in [4.78, 5) is 27.4. The fourth-order valence-corrected chi connectivity index (χ4v) is 5.50. The predicted molar refractivity (Wildman–Crippen MR) is 125 cm³/mol. The Morgan fingerprint density at radius 1 is 1.19 bits per heavy atom. The van der Waals surface area contributed by atoms with E-state index in [2.05, 4.69) is 11.9 Å². The largest absolute Gasteiger partial charge is 0.351 e. The van der Waals surface area contributed by atoms with E-state index < -0.39 is 12.3 Å². The lowest BCUT2D eigenvalue weighted by molar-refractivity contribution is -0.139. The van der Waals surface area contributed by atoms with Gasteiger partial charge in [-0.05, 0) is 61.8 Å². The summed E-state index contributed by atoms with van der Waals surface area (Å²) in [6.07, 6.45) is 5.41. The second-order valence-corrected chi connectivity index (χ2v) is 10.0. The smallest absolute Gasteiger partial charge is 0.261 e. The molecule has 1 saturated heterocycles. The molecule has 0 bridgehead atoms. The Labute approximate surface area is 192 Å². The molecule has 2 heterocycles. The number of carbonyl (C=O) groups is 2. The Morgan fingerprint density at radius 2 is 1.94 bits per heavy atom. The van der Waals surface area contributed by atoms with Gasteiger partial charge in [0.2, 0.25) is 5.91 Å². The van der Waals surface area contributed by atoms with E-state index in [1.807, 2.05) is 4.90 Å². The average Bonchev–Trinajstić information content (AvgIpc) is 3.16. The molecule has 1 saturated carbocycles. The third-order valence-corrected chi connectivity index (χ3v) is 7.63. The van der Waals surface area contributed by atoms with Crippen molar-refractivity contribution in [3.8, 4) is 0 Å². The lowest BCUT2D eigenvalue weighted by Crippen LogP contribution is -2.44. The molecule has 32 heavy (non-hydrogen) atoms. The zero-order valence-electron chi connectivity index (χ0n) is 18.5. The van der Waals surface area contributed by atoms with Gasteiger partial charge in [0, 0.05) is 36.3 Å². The van der Waals surface area contributed by atoms with E-state index in [0.717, 1.165) is 41.9 Å². The van der Waals surface area contributed by atoms with Crippen LogP contribution in [-0.2, 0) is 4.79 Å². The Kier molecular flexibility index (Phi) is 8.96. The Bertz CT molecular complexity index is 911. The van der Waals surface area contributed by atoms with Gasteiger partial charge in [-0.1, -0.05) is 19.4 Å². The van der Waals surface area contributed by atoms with Crippen LogP contribution in [0.15, 0.2) is 6.07 Å². The van der Waals surface area contributed by atoms with E-state index in [1.54, 1.807) is 12.1 Å². The molecule has 176 valence electrons. The van der Waals surface area contributed by atoms with Crippen molar-refractivity contribution in [2.45, 2.75) is 63.7 Å². The first-order chi connectivity index (χ1) is 15.4. The maximum Gasteiger partial charge on any atom is 0.261 e. The van der Waals surface area contributed by atoms with E-state index in [9.17, 15) is 18.4 Å². The molecule has 0 aromatic carbocycles. The number of alkyl halides is 2. The van der Waals surface area contributed by atoms with Crippen LogP contribution in [0.4, 0.5) is 8.78 Å². The minimum atomic E-state index is -1.50. The van der Waals surface area contributed by atoms with Gasteiger partial charge in [-0.3, -0.25) is 9.59 Å². The number of carbonyl (C=O) groups excluding carboxylic acids is 2. The molecular formula is C24H33F2N3O2S. The topological polar surface area (TPSA) is 73.3 Å². The molecule has 1 aliphatic carbocycles. The first-order valence-corrected chi connectivity index (χ1v) is 12.4. The summed E-state index contributed by atoms with van der Waals surface area (Å²) >= 11 is 1.33. The molecule has 3 unspecified atom stereocenters. The zero-order chi connectivity index (χ0) is 23.1. The molecule has 2 fully saturated rings. The van der Waals surface area contributed by atoms with Crippen LogP contribution in [0.25, 0.3) is 12.7 Å². The average molecular weight is 466 g/mol. The van der Waals surface area contributed by atoms with Crippen molar-refractivity contribution in [1.29, 1.82) is 5.41 Å². The highest BCUT2D eigenvalue weighted by Gasteiger charge is 2.36. The summed E-state index contributed by atoms with van der Waals surface area (Å²) in [7, 11) is 0. The molecule has 0 radical (unpaired) electrons. The maximum absolute atomic E-state index is 13.6. The second-order valence-electron chi connectivity index (χ2n) is 8.88. The summed E-state index contributed by atoms with van der Waals surface area (Å²) < 4.78 is 27.7. The van der Waals surface area contributed by atoms with Crippen molar-refractivity contribution < 1.29 is 18.4 Å². The maximum atomic E-state index is 13.6. The lowest BCUT2D eigenvalue weighted by Gasteiger charge is -2.36. The molecule has 1 aromatic rings. The van der Waals surface area contributed by atoms with E-state index in [4.69, 9.17) is 5.41 Å². The minimum Gasteiger partial charge on any atom is -0.351 e. The van der Waals surface area contributed by atoms with Gasteiger partial charge < -0.3 is 15.6 Å². The Morgan fingerprint density at radius 3 is 2.62 bits per heavy atom. The molecule has 2 aliphatic rings. The number of likely N-dealkylation sites (tertiary alicyclic amines) is 1. The van der Waals surface area contributed by atoms with Gasteiger partial charge >= 0.3 is 0 Å². The number of hydrogen-bond donors (Lipinski definition) is 2. The number of rotatable bonds is 8. The van der Waals surface area contributed by atoms with Crippen molar-refractivity contribution in [2.75, 3.05) is 19.6 Å². The van der Waals surface area contributed by atoms with Gasteiger partial charge in [0.25, 0.3) is 5.91 Å². The molecule has 2 N–H and O–H groups in total. The van der Waals surface area contributed by atoms with Crippen LogP contribution in [0.5, 0.6) is 0 Å². The Hall–Kier alpha value is -2.09. The zero-order valence-corrected chi connectivity index (χ0v) is 19.3. The minimum absolute atomic E-state index is 0.00102. The number of thiophene rings is 1.